The normalized spacial score (nSPS) is 17.0. The number of ether oxygens (including phenoxy) is 2. The molecule has 0 spiro atoms. The average molecular weight is 379 g/mol. The van der Waals surface area contributed by atoms with Gasteiger partial charge in [-0.25, -0.2) is 4.98 Å². The molecule has 146 valence electrons. The molecule has 3 aromatic rings. The molecule has 1 fully saturated rings. The molecule has 0 aliphatic carbocycles. The van der Waals surface area contributed by atoms with Gasteiger partial charge in [0, 0.05) is 49.0 Å². The highest BCUT2D eigenvalue weighted by Gasteiger charge is 2.25. The van der Waals surface area contributed by atoms with Crippen LogP contribution in [0.5, 0.6) is 11.5 Å². The molecule has 0 bridgehead atoms. The van der Waals surface area contributed by atoms with Gasteiger partial charge in [-0.1, -0.05) is 0 Å². The van der Waals surface area contributed by atoms with Crippen molar-refractivity contribution in [3.63, 3.8) is 0 Å². The molecule has 7 nitrogen and oxygen atoms in total. The van der Waals surface area contributed by atoms with Crippen LogP contribution in [-0.4, -0.2) is 45.6 Å². The molecule has 5 rings (SSSR count). The van der Waals surface area contributed by atoms with E-state index >= 15 is 0 Å². The van der Waals surface area contributed by atoms with Crippen LogP contribution in [0.4, 0.5) is 5.82 Å². The largest absolute Gasteiger partial charge is 0.493 e. The van der Waals surface area contributed by atoms with E-state index in [1.54, 1.807) is 4.63 Å². The first-order valence-corrected chi connectivity index (χ1v) is 9.96. The first kappa shape index (κ1) is 17.3. The number of anilines is 1. The molecule has 1 aromatic carbocycles. The van der Waals surface area contributed by atoms with Crippen molar-refractivity contribution in [1.82, 2.24) is 19.8 Å². The Balaban J connectivity index is 1.29. The minimum Gasteiger partial charge on any atom is -0.493 e. The van der Waals surface area contributed by atoms with Crippen LogP contribution in [0.2, 0.25) is 0 Å². The standard InChI is InChI=1S/C21H25N5O2/c1-13-14(2)21(24-26-20(13)22-15(3)23-26)25-9-6-17(7-10-25)28-18-4-5-19-16(12-18)8-11-27-19/h4-5,12,17H,6-11H2,1-3H3. The van der Waals surface area contributed by atoms with E-state index in [4.69, 9.17) is 14.6 Å². The molecule has 0 N–H and O–H groups in total. The van der Waals surface area contributed by atoms with Crippen LogP contribution in [-0.2, 0) is 6.42 Å². The smallest absolute Gasteiger partial charge is 0.179 e. The number of aromatic nitrogens is 4. The molecule has 0 amide bonds. The van der Waals surface area contributed by atoms with Crippen molar-refractivity contribution in [2.75, 3.05) is 24.6 Å². The summed E-state index contributed by atoms with van der Waals surface area (Å²) in [6.07, 6.45) is 3.15. The quantitative estimate of drug-likeness (QED) is 0.697. The second kappa shape index (κ2) is 6.65. The Morgan fingerprint density at radius 1 is 1.07 bits per heavy atom. The predicted molar refractivity (Wildman–Crippen MR) is 106 cm³/mol. The molecule has 2 aromatic heterocycles. The maximum Gasteiger partial charge on any atom is 0.179 e. The van der Waals surface area contributed by atoms with Gasteiger partial charge in [-0.3, -0.25) is 0 Å². The van der Waals surface area contributed by atoms with Gasteiger partial charge in [-0.05, 0) is 39.0 Å². The zero-order valence-corrected chi connectivity index (χ0v) is 16.6. The van der Waals surface area contributed by atoms with Crippen molar-refractivity contribution < 1.29 is 9.47 Å². The lowest BCUT2D eigenvalue weighted by Gasteiger charge is -2.33. The Bertz CT molecular complexity index is 1040. The zero-order chi connectivity index (χ0) is 19.3. The summed E-state index contributed by atoms with van der Waals surface area (Å²) < 4.78 is 13.5. The summed E-state index contributed by atoms with van der Waals surface area (Å²) in [5, 5.41) is 9.15. The molecule has 2 aliphatic heterocycles. The van der Waals surface area contributed by atoms with Crippen LogP contribution in [0.25, 0.3) is 5.65 Å². The maximum absolute atomic E-state index is 6.26. The van der Waals surface area contributed by atoms with Crippen LogP contribution >= 0.6 is 0 Å². The Labute approximate surface area is 164 Å². The summed E-state index contributed by atoms with van der Waals surface area (Å²) in [5.41, 5.74) is 4.42. The minimum atomic E-state index is 0.232. The minimum absolute atomic E-state index is 0.232. The highest BCUT2D eigenvalue weighted by Crippen LogP contribution is 2.31. The maximum atomic E-state index is 6.26. The van der Waals surface area contributed by atoms with Crippen molar-refractivity contribution in [1.29, 1.82) is 0 Å². The topological polar surface area (TPSA) is 64.8 Å². The number of aryl methyl sites for hydroxylation is 2. The fourth-order valence-corrected chi connectivity index (χ4v) is 4.12. The van der Waals surface area contributed by atoms with E-state index in [-0.39, 0.29) is 6.10 Å². The van der Waals surface area contributed by atoms with E-state index in [9.17, 15) is 0 Å². The van der Waals surface area contributed by atoms with Gasteiger partial charge in [-0.15, -0.1) is 14.8 Å². The second-order valence-corrected chi connectivity index (χ2v) is 7.72. The number of hydrogen-bond donors (Lipinski definition) is 0. The van der Waals surface area contributed by atoms with Gasteiger partial charge in [0.1, 0.15) is 23.4 Å². The van der Waals surface area contributed by atoms with E-state index in [1.165, 1.54) is 11.1 Å². The van der Waals surface area contributed by atoms with E-state index in [0.717, 1.165) is 73.3 Å². The summed E-state index contributed by atoms with van der Waals surface area (Å²) in [4.78, 5) is 6.83. The van der Waals surface area contributed by atoms with Crippen molar-refractivity contribution in [2.24, 2.45) is 0 Å². The molecule has 4 heterocycles. The fraction of sp³-hybridized carbons (Fsp3) is 0.476. The summed E-state index contributed by atoms with van der Waals surface area (Å²) in [6, 6.07) is 6.18. The van der Waals surface area contributed by atoms with Gasteiger partial charge in [0.25, 0.3) is 0 Å². The average Bonchev–Trinajstić information content (AvgIpc) is 3.31. The lowest BCUT2D eigenvalue weighted by atomic mass is 10.1. The van der Waals surface area contributed by atoms with Crippen molar-refractivity contribution in [2.45, 2.75) is 46.1 Å². The molecule has 7 heteroatoms. The van der Waals surface area contributed by atoms with Gasteiger partial charge >= 0.3 is 0 Å². The SMILES string of the molecule is Cc1nc2c(C)c(C)c(N3CCC(Oc4ccc5c(c4)CCO5)CC3)nn2n1. The third-order valence-electron chi connectivity index (χ3n) is 5.82. The number of rotatable bonds is 3. The second-order valence-electron chi connectivity index (χ2n) is 7.72. The van der Waals surface area contributed by atoms with Crippen LogP contribution in [0.15, 0.2) is 18.2 Å². The monoisotopic (exact) mass is 379 g/mol. The number of benzene rings is 1. The summed E-state index contributed by atoms with van der Waals surface area (Å²) in [6.45, 7) is 8.74. The number of nitrogens with zero attached hydrogens (tertiary/aromatic N) is 5. The summed E-state index contributed by atoms with van der Waals surface area (Å²) >= 11 is 0. The van der Waals surface area contributed by atoms with Crippen LogP contribution in [0.3, 0.4) is 0 Å². The molecule has 0 saturated carbocycles. The lowest BCUT2D eigenvalue weighted by molar-refractivity contribution is 0.170. The Morgan fingerprint density at radius 3 is 2.71 bits per heavy atom. The molecule has 0 radical (unpaired) electrons. The number of fused-ring (bicyclic) bond motifs is 2. The van der Waals surface area contributed by atoms with Crippen molar-refractivity contribution in [3.8, 4) is 11.5 Å². The van der Waals surface area contributed by atoms with E-state index in [0.29, 0.717) is 0 Å². The predicted octanol–water partition coefficient (Wildman–Crippen LogP) is 3.03. The van der Waals surface area contributed by atoms with Gasteiger partial charge in [0.15, 0.2) is 11.5 Å². The van der Waals surface area contributed by atoms with Gasteiger partial charge < -0.3 is 14.4 Å². The molecular weight excluding hydrogens is 354 g/mol. The Kier molecular flexibility index (Phi) is 4.10. The van der Waals surface area contributed by atoms with Crippen LogP contribution in [0, 0.1) is 20.8 Å². The van der Waals surface area contributed by atoms with E-state index < -0.39 is 0 Å². The highest BCUT2D eigenvalue weighted by atomic mass is 16.5. The molecule has 1 saturated heterocycles. The third-order valence-corrected chi connectivity index (χ3v) is 5.82. The van der Waals surface area contributed by atoms with Gasteiger partial charge in [0.2, 0.25) is 0 Å². The van der Waals surface area contributed by atoms with Crippen LogP contribution in [0.1, 0.15) is 35.4 Å². The first-order chi connectivity index (χ1) is 13.6. The van der Waals surface area contributed by atoms with E-state index in [1.807, 2.05) is 19.1 Å². The Morgan fingerprint density at radius 2 is 1.89 bits per heavy atom. The Hall–Kier alpha value is -2.83. The van der Waals surface area contributed by atoms with Crippen molar-refractivity contribution in [3.05, 3.63) is 40.7 Å². The molecule has 0 atom stereocenters. The molecular formula is C21H25N5O2. The lowest BCUT2D eigenvalue weighted by Crippen LogP contribution is -2.39. The number of hydrogen-bond acceptors (Lipinski definition) is 6. The van der Waals surface area contributed by atoms with E-state index in [2.05, 4.69) is 34.9 Å². The zero-order valence-electron chi connectivity index (χ0n) is 16.6. The number of piperidine rings is 1. The molecule has 2 aliphatic rings. The molecule has 0 unspecified atom stereocenters. The third kappa shape index (κ3) is 2.95. The summed E-state index contributed by atoms with van der Waals surface area (Å²) in [5.74, 6) is 3.70. The first-order valence-electron chi connectivity index (χ1n) is 9.96. The van der Waals surface area contributed by atoms with Crippen LogP contribution < -0.4 is 14.4 Å². The molecule has 28 heavy (non-hydrogen) atoms. The van der Waals surface area contributed by atoms with Gasteiger partial charge in [0.05, 0.1) is 6.61 Å². The van der Waals surface area contributed by atoms with Crippen molar-refractivity contribution >= 4 is 11.5 Å². The summed E-state index contributed by atoms with van der Waals surface area (Å²) in [7, 11) is 0. The fourth-order valence-electron chi connectivity index (χ4n) is 4.12. The van der Waals surface area contributed by atoms with Gasteiger partial charge in [-0.2, -0.15) is 0 Å². The highest BCUT2D eigenvalue weighted by molar-refractivity contribution is 5.59.